The molecule has 1 N–H and O–H groups in total. The van der Waals surface area contributed by atoms with Crippen molar-refractivity contribution in [3.8, 4) is 0 Å². The molecule has 1 aliphatic heterocycles. The van der Waals surface area contributed by atoms with E-state index in [2.05, 4.69) is 20.7 Å². The summed E-state index contributed by atoms with van der Waals surface area (Å²) in [5.74, 6) is 0.225. The summed E-state index contributed by atoms with van der Waals surface area (Å²) in [5.41, 5.74) is 0. The van der Waals surface area contributed by atoms with Gasteiger partial charge in [-0.1, -0.05) is 13.3 Å². The van der Waals surface area contributed by atoms with Crippen molar-refractivity contribution in [3.63, 3.8) is 0 Å². The van der Waals surface area contributed by atoms with Gasteiger partial charge in [0.2, 0.25) is 11.8 Å². The number of hydrogen-bond acceptors (Lipinski definition) is 5. The molecular formula is C10H16N6O2. The first kappa shape index (κ1) is 12.5. The zero-order chi connectivity index (χ0) is 13.1. The molecule has 8 nitrogen and oxygen atoms in total. The zero-order valence-corrected chi connectivity index (χ0v) is 10.5. The minimum absolute atomic E-state index is 0.0410. The van der Waals surface area contributed by atoms with Crippen LogP contribution in [0.1, 0.15) is 25.6 Å². The van der Waals surface area contributed by atoms with Gasteiger partial charge in [0, 0.05) is 0 Å². The SMILES string of the molecule is CCCC1C(=O)NCC(=O)N1Cc1nnn(C)n1. The molecule has 0 aliphatic carbocycles. The van der Waals surface area contributed by atoms with Crippen molar-refractivity contribution in [2.24, 2.45) is 7.05 Å². The second-order valence-electron chi connectivity index (χ2n) is 4.24. The Labute approximate surface area is 104 Å². The molecule has 0 aromatic carbocycles. The van der Waals surface area contributed by atoms with E-state index in [0.717, 1.165) is 6.42 Å². The lowest BCUT2D eigenvalue weighted by atomic mass is 10.1. The van der Waals surface area contributed by atoms with Crippen LogP contribution in [0.15, 0.2) is 0 Å². The van der Waals surface area contributed by atoms with E-state index in [1.165, 1.54) is 9.70 Å². The minimum atomic E-state index is -0.431. The Morgan fingerprint density at radius 1 is 1.44 bits per heavy atom. The predicted octanol–water partition coefficient (Wildman–Crippen LogP) is -1.16. The Hall–Kier alpha value is -1.99. The van der Waals surface area contributed by atoms with Crippen molar-refractivity contribution in [1.82, 2.24) is 30.4 Å². The van der Waals surface area contributed by atoms with Crippen LogP contribution >= 0.6 is 0 Å². The maximum absolute atomic E-state index is 11.9. The molecule has 98 valence electrons. The molecular weight excluding hydrogens is 236 g/mol. The molecule has 0 spiro atoms. The zero-order valence-electron chi connectivity index (χ0n) is 10.5. The van der Waals surface area contributed by atoms with Crippen LogP contribution in [0.25, 0.3) is 0 Å². The average Bonchev–Trinajstić information content (AvgIpc) is 2.74. The highest BCUT2D eigenvalue weighted by Crippen LogP contribution is 2.13. The van der Waals surface area contributed by atoms with E-state index in [1.54, 1.807) is 7.05 Å². The van der Waals surface area contributed by atoms with Crippen LogP contribution in [0.3, 0.4) is 0 Å². The number of aromatic nitrogens is 4. The standard InChI is InChI=1S/C10H16N6O2/c1-3-4-7-10(18)11-5-9(17)16(7)6-8-12-14-15(2)13-8/h7H,3-6H2,1-2H3,(H,11,18). The number of nitrogens with one attached hydrogen (secondary N) is 1. The Morgan fingerprint density at radius 3 is 2.83 bits per heavy atom. The van der Waals surface area contributed by atoms with Crippen molar-refractivity contribution in [3.05, 3.63) is 5.82 Å². The molecule has 1 saturated heterocycles. The van der Waals surface area contributed by atoms with Crippen molar-refractivity contribution in [2.75, 3.05) is 6.54 Å². The number of piperazine rings is 1. The molecule has 2 rings (SSSR count). The van der Waals surface area contributed by atoms with E-state index in [4.69, 9.17) is 0 Å². The van der Waals surface area contributed by atoms with Gasteiger partial charge in [-0.3, -0.25) is 9.59 Å². The van der Waals surface area contributed by atoms with Crippen LogP contribution in [0.2, 0.25) is 0 Å². The van der Waals surface area contributed by atoms with Gasteiger partial charge in [-0.05, 0) is 11.6 Å². The molecule has 1 aromatic rings. The van der Waals surface area contributed by atoms with Gasteiger partial charge in [0.05, 0.1) is 20.1 Å². The number of tetrazole rings is 1. The first-order valence-electron chi connectivity index (χ1n) is 5.92. The molecule has 0 bridgehead atoms. The number of aryl methyl sites for hydroxylation is 1. The van der Waals surface area contributed by atoms with E-state index in [0.29, 0.717) is 12.2 Å². The van der Waals surface area contributed by atoms with E-state index in [-0.39, 0.29) is 24.9 Å². The fourth-order valence-corrected chi connectivity index (χ4v) is 2.00. The second kappa shape index (κ2) is 5.11. The van der Waals surface area contributed by atoms with Gasteiger partial charge in [0.15, 0.2) is 5.82 Å². The summed E-state index contributed by atoms with van der Waals surface area (Å²) in [4.78, 5) is 26.5. The summed E-state index contributed by atoms with van der Waals surface area (Å²) in [6.07, 6.45) is 1.47. The first-order chi connectivity index (χ1) is 8.61. The van der Waals surface area contributed by atoms with Gasteiger partial charge in [-0.2, -0.15) is 4.80 Å². The quantitative estimate of drug-likeness (QED) is 0.729. The van der Waals surface area contributed by atoms with Gasteiger partial charge >= 0.3 is 0 Å². The second-order valence-corrected chi connectivity index (χ2v) is 4.24. The number of rotatable bonds is 4. The molecule has 18 heavy (non-hydrogen) atoms. The van der Waals surface area contributed by atoms with Gasteiger partial charge < -0.3 is 10.2 Å². The molecule has 1 fully saturated rings. The third kappa shape index (κ3) is 2.47. The van der Waals surface area contributed by atoms with Gasteiger partial charge in [0.1, 0.15) is 6.04 Å². The minimum Gasteiger partial charge on any atom is -0.345 e. The number of hydrogen-bond donors (Lipinski definition) is 1. The maximum atomic E-state index is 11.9. The molecule has 0 radical (unpaired) electrons. The predicted molar refractivity (Wildman–Crippen MR) is 61.1 cm³/mol. The van der Waals surface area contributed by atoms with Crippen molar-refractivity contribution in [1.29, 1.82) is 0 Å². The van der Waals surface area contributed by atoms with E-state index >= 15 is 0 Å². The smallest absolute Gasteiger partial charge is 0.243 e. The van der Waals surface area contributed by atoms with Gasteiger partial charge in [-0.25, -0.2) is 0 Å². The number of carbonyl (C=O) groups excluding carboxylic acids is 2. The third-order valence-corrected chi connectivity index (χ3v) is 2.84. The van der Waals surface area contributed by atoms with Gasteiger partial charge in [-0.15, -0.1) is 10.2 Å². The highest BCUT2D eigenvalue weighted by atomic mass is 16.2. The summed E-state index contributed by atoms with van der Waals surface area (Å²) in [6, 6.07) is -0.431. The van der Waals surface area contributed by atoms with E-state index in [9.17, 15) is 9.59 Å². The summed E-state index contributed by atoms with van der Waals surface area (Å²) < 4.78 is 0. The Bertz CT molecular complexity index is 457. The lowest BCUT2D eigenvalue weighted by molar-refractivity contribution is -0.146. The Balaban J connectivity index is 2.15. The molecule has 2 heterocycles. The average molecular weight is 252 g/mol. The third-order valence-electron chi connectivity index (χ3n) is 2.84. The highest BCUT2D eigenvalue weighted by Gasteiger charge is 2.34. The van der Waals surface area contributed by atoms with Crippen molar-refractivity contribution in [2.45, 2.75) is 32.4 Å². The lowest BCUT2D eigenvalue weighted by Crippen LogP contribution is -2.57. The number of nitrogens with zero attached hydrogens (tertiary/aromatic N) is 5. The normalized spacial score (nSPS) is 20.1. The van der Waals surface area contributed by atoms with Crippen LogP contribution in [0.4, 0.5) is 0 Å². The van der Waals surface area contributed by atoms with Crippen molar-refractivity contribution < 1.29 is 9.59 Å². The monoisotopic (exact) mass is 252 g/mol. The van der Waals surface area contributed by atoms with Crippen LogP contribution < -0.4 is 5.32 Å². The molecule has 1 aromatic heterocycles. The molecule has 1 unspecified atom stereocenters. The Morgan fingerprint density at radius 2 is 2.22 bits per heavy atom. The molecule has 2 amide bonds. The Kier molecular flexibility index (Phi) is 3.54. The maximum Gasteiger partial charge on any atom is 0.243 e. The number of amides is 2. The van der Waals surface area contributed by atoms with E-state index in [1.807, 2.05) is 6.92 Å². The summed E-state index contributed by atoms with van der Waals surface area (Å²) in [5, 5.41) is 14.2. The van der Waals surface area contributed by atoms with Crippen LogP contribution in [-0.4, -0.2) is 49.5 Å². The van der Waals surface area contributed by atoms with Crippen LogP contribution in [-0.2, 0) is 23.2 Å². The lowest BCUT2D eigenvalue weighted by Gasteiger charge is -2.33. The summed E-state index contributed by atoms with van der Waals surface area (Å²) in [7, 11) is 1.66. The summed E-state index contributed by atoms with van der Waals surface area (Å²) >= 11 is 0. The fraction of sp³-hybridized carbons (Fsp3) is 0.700. The molecule has 8 heteroatoms. The van der Waals surface area contributed by atoms with Crippen LogP contribution in [0, 0.1) is 0 Å². The van der Waals surface area contributed by atoms with Crippen molar-refractivity contribution >= 4 is 11.8 Å². The highest BCUT2D eigenvalue weighted by molar-refractivity contribution is 5.94. The van der Waals surface area contributed by atoms with Crippen LogP contribution in [0.5, 0.6) is 0 Å². The molecule has 1 atom stereocenters. The fourth-order valence-electron chi connectivity index (χ4n) is 2.00. The summed E-state index contributed by atoms with van der Waals surface area (Å²) in [6.45, 7) is 2.25. The van der Waals surface area contributed by atoms with Gasteiger partial charge in [0.25, 0.3) is 0 Å². The first-order valence-corrected chi connectivity index (χ1v) is 5.92. The topological polar surface area (TPSA) is 93.0 Å². The molecule has 1 aliphatic rings. The van der Waals surface area contributed by atoms with E-state index < -0.39 is 6.04 Å². The largest absolute Gasteiger partial charge is 0.345 e. The number of carbonyl (C=O) groups is 2. The molecule has 0 saturated carbocycles.